The summed E-state index contributed by atoms with van der Waals surface area (Å²) < 4.78 is 34.1. The molecule has 0 amide bonds. The lowest BCUT2D eigenvalue weighted by atomic mass is 10.3. The first-order chi connectivity index (χ1) is 4.52. The molecular formula is C5H8O4S. The van der Waals surface area contributed by atoms with Gasteiger partial charge in [0.1, 0.15) is 0 Å². The molecular weight excluding hydrogens is 156 g/mol. The molecule has 5 heteroatoms. The third kappa shape index (κ3) is 1.07. The Kier molecular flexibility index (Phi) is 1.58. The van der Waals surface area contributed by atoms with E-state index in [-0.39, 0.29) is 13.0 Å². The van der Waals surface area contributed by atoms with E-state index in [2.05, 4.69) is 11.3 Å². The molecule has 0 bridgehead atoms. The zero-order chi connectivity index (χ0) is 7.83. The van der Waals surface area contributed by atoms with Gasteiger partial charge in [0.15, 0.2) is 0 Å². The van der Waals surface area contributed by atoms with Crippen LogP contribution < -0.4 is 0 Å². The van der Waals surface area contributed by atoms with E-state index >= 15 is 0 Å². The minimum atomic E-state index is -4.05. The summed E-state index contributed by atoms with van der Waals surface area (Å²) >= 11 is 0. The third-order valence-electron chi connectivity index (χ3n) is 1.39. The predicted molar refractivity (Wildman–Crippen MR) is 35.0 cm³/mol. The predicted octanol–water partition coefficient (Wildman–Crippen LogP) is 0.177. The van der Waals surface area contributed by atoms with Crippen molar-refractivity contribution in [2.45, 2.75) is 11.4 Å². The zero-order valence-electron chi connectivity index (χ0n) is 5.28. The van der Waals surface area contributed by atoms with Crippen LogP contribution in [0.2, 0.25) is 0 Å². The van der Waals surface area contributed by atoms with Gasteiger partial charge in [-0.25, -0.2) is 0 Å². The fraction of sp³-hybridized carbons (Fsp3) is 0.600. The molecule has 1 N–H and O–H groups in total. The summed E-state index contributed by atoms with van der Waals surface area (Å²) in [6.07, 6.45) is 1.55. The average molecular weight is 164 g/mol. The molecule has 1 aliphatic rings. The van der Waals surface area contributed by atoms with Crippen LogP contribution in [-0.2, 0) is 14.9 Å². The monoisotopic (exact) mass is 164 g/mol. The second kappa shape index (κ2) is 2.05. The Morgan fingerprint density at radius 3 is 2.40 bits per heavy atom. The SMILES string of the molecule is C=CCC1(S(=O)(=O)O)CO1. The number of epoxide rings is 1. The van der Waals surface area contributed by atoms with E-state index in [0.29, 0.717) is 0 Å². The topological polar surface area (TPSA) is 66.9 Å². The van der Waals surface area contributed by atoms with Gasteiger partial charge in [-0.15, -0.1) is 6.58 Å². The summed E-state index contributed by atoms with van der Waals surface area (Å²) in [4.78, 5) is -1.35. The quantitative estimate of drug-likeness (QED) is 0.367. The molecule has 0 aromatic carbocycles. The van der Waals surface area contributed by atoms with Crippen LogP contribution in [0.25, 0.3) is 0 Å². The Bertz CT molecular complexity index is 236. The normalized spacial score (nSPS) is 31.7. The van der Waals surface area contributed by atoms with Crippen molar-refractivity contribution in [2.24, 2.45) is 0 Å². The molecule has 0 radical (unpaired) electrons. The number of hydrogen-bond donors (Lipinski definition) is 1. The maximum atomic E-state index is 10.5. The number of ether oxygens (including phenoxy) is 1. The molecule has 1 fully saturated rings. The van der Waals surface area contributed by atoms with Gasteiger partial charge in [-0.05, 0) is 0 Å². The van der Waals surface area contributed by atoms with Gasteiger partial charge in [0.05, 0.1) is 6.61 Å². The summed E-state index contributed by atoms with van der Waals surface area (Å²) in [7, 11) is -4.05. The summed E-state index contributed by atoms with van der Waals surface area (Å²) in [6.45, 7) is 3.41. The molecule has 0 aromatic heterocycles. The summed E-state index contributed by atoms with van der Waals surface area (Å²) in [5.74, 6) is 0. The lowest BCUT2D eigenvalue weighted by molar-refractivity contribution is 0.343. The molecule has 0 aliphatic carbocycles. The third-order valence-corrected chi connectivity index (χ3v) is 2.73. The van der Waals surface area contributed by atoms with Gasteiger partial charge in [0, 0.05) is 6.42 Å². The van der Waals surface area contributed by atoms with E-state index in [1.165, 1.54) is 6.08 Å². The van der Waals surface area contributed by atoms with Crippen LogP contribution in [0.3, 0.4) is 0 Å². The highest BCUT2D eigenvalue weighted by Gasteiger charge is 2.55. The summed E-state index contributed by atoms with van der Waals surface area (Å²) in [5.41, 5.74) is 0. The highest BCUT2D eigenvalue weighted by molar-refractivity contribution is 7.87. The Balaban J connectivity index is 2.80. The van der Waals surface area contributed by atoms with Crippen molar-refractivity contribution in [3.8, 4) is 0 Å². The van der Waals surface area contributed by atoms with Gasteiger partial charge < -0.3 is 4.74 Å². The van der Waals surface area contributed by atoms with Crippen molar-refractivity contribution in [3.63, 3.8) is 0 Å². The molecule has 1 heterocycles. The van der Waals surface area contributed by atoms with Crippen LogP contribution in [0.4, 0.5) is 0 Å². The van der Waals surface area contributed by atoms with Gasteiger partial charge in [-0.2, -0.15) is 8.42 Å². The average Bonchev–Trinajstić information content (AvgIpc) is 2.45. The van der Waals surface area contributed by atoms with Crippen molar-refractivity contribution in [1.29, 1.82) is 0 Å². The fourth-order valence-corrected chi connectivity index (χ4v) is 1.36. The summed E-state index contributed by atoms with van der Waals surface area (Å²) in [5, 5.41) is 0. The first-order valence-electron chi connectivity index (χ1n) is 2.74. The molecule has 0 saturated carbocycles. The smallest absolute Gasteiger partial charge is 0.297 e. The van der Waals surface area contributed by atoms with E-state index in [4.69, 9.17) is 4.55 Å². The Morgan fingerprint density at radius 2 is 2.30 bits per heavy atom. The van der Waals surface area contributed by atoms with Gasteiger partial charge in [-0.3, -0.25) is 4.55 Å². The minimum Gasteiger partial charge on any atom is -0.350 e. The van der Waals surface area contributed by atoms with E-state index in [1.807, 2.05) is 0 Å². The molecule has 0 aromatic rings. The van der Waals surface area contributed by atoms with Crippen LogP contribution in [0.15, 0.2) is 12.7 Å². The largest absolute Gasteiger partial charge is 0.350 e. The van der Waals surface area contributed by atoms with Gasteiger partial charge in [-0.1, -0.05) is 6.08 Å². The van der Waals surface area contributed by atoms with Crippen LogP contribution in [0.1, 0.15) is 6.42 Å². The van der Waals surface area contributed by atoms with Crippen LogP contribution in [-0.4, -0.2) is 24.5 Å². The maximum absolute atomic E-state index is 10.5. The summed E-state index contributed by atoms with van der Waals surface area (Å²) in [6, 6.07) is 0. The highest BCUT2D eigenvalue weighted by Crippen LogP contribution is 2.36. The molecule has 0 spiro atoms. The molecule has 4 nitrogen and oxygen atoms in total. The fourth-order valence-electron chi connectivity index (χ4n) is 0.672. The number of rotatable bonds is 3. The molecule has 1 rings (SSSR count). The van der Waals surface area contributed by atoms with E-state index in [9.17, 15) is 8.42 Å². The second-order valence-corrected chi connectivity index (χ2v) is 3.86. The molecule has 1 aliphatic heterocycles. The standard InChI is InChI=1S/C5H8O4S/c1-2-3-5(4-9-5)10(6,7)8/h2H,1,3-4H2,(H,6,7,8). The van der Waals surface area contributed by atoms with E-state index in [0.717, 1.165) is 0 Å². The Morgan fingerprint density at radius 1 is 1.80 bits per heavy atom. The zero-order valence-corrected chi connectivity index (χ0v) is 6.10. The molecule has 1 atom stereocenters. The Hall–Kier alpha value is -0.390. The van der Waals surface area contributed by atoms with Crippen LogP contribution in [0, 0.1) is 0 Å². The van der Waals surface area contributed by atoms with Crippen molar-refractivity contribution in [3.05, 3.63) is 12.7 Å². The van der Waals surface area contributed by atoms with E-state index in [1.54, 1.807) is 0 Å². The molecule has 58 valence electrons. The van der Waals surface area contributed by atoms with Gasteiger partial charge in [0.2, 0.25) is 4.93 Å². The lowest BCUT2D eigenvalue weighted by Crippen LogP contribution is -2.22. The minimum absolute atomic E-state index is 0.0673. The van der Waals surface area contributed by atoms with Crippen molar-refractivity contribution < 1.29 is 17.7 Å². The lowest BCUT2D eigenvalue weighted by Gasteiger charge is -2.02. The molecule has 1 unspecified atom stereocenters. The van der Waals surface area contributed by atoms with Crippen molar-refractivity contribution >= 4 is 10.1 Å². The molecule has 10 heavy (non-hydrogen) atoms. The first kappa shape index (κ1) is 7.71. The van der Waals surface area contributed by atoms with Gasteiger partial charge >= 0.3 is 0 Å². The van der Waals surface area contributed by atoms with E-state index < -0.39 is 15.1 Å². The maximum Gasteiger partial charge on any atom is 0.297 e. The number of hydrogen-bond acceptors (Lipinski definition) is 3. The van der Waals surface area contributed by atoms with Crippen LogP contribution in [0.5, 0.6) is 0 Å². The van der Waals surface area contributed by atoms with Gasteiger partial charge in [0.25, 0.3) is 10.1 Å². The highest BCUT2D eigenvalue weighted by atomic mass is 32.2. The van der Waals surface area contributed by atoms with Crippen LogP contribution >= 0.6 is 0 Å². The van der Waals surface area contributed by atoms with Crippen molar-refractivity contribution in [1.82, 2.24) is 0 Å². The second-order valence-electron chi connectivity index (χ2n) is 2.17. The van der Waals surface area contributed by atoms with Crippen molar-refractivity contribution in [2.75, 3.05) is 6.61 Å². The Labute approximate surface area is 59.2 Å². The first-order valence-corrected chi connectivity index (χ1v) is 4.18. The molecule has 1 saturated heterocycles.